The molecule has 0 saturated carbocycles. The Balaban J connectivity index is 2.58. The number of hydrazone groups is 1. The zero-order chi connectivity index (χ0) is 7.72. The molecule has 10 heavy (non-hydrogen) atoms. The average molecular weight is 158 g/mol. The van der Waals surface area contributed by atoms with Gasteiger partial charge in [-0.25, -0.2) is 0 Å². The Bertz CT molecular complexity index is 154. The van der Waals surface area contributed by atoms with E-state index in [1.807, 2.05) is 23.8 Å². The predicted molar refractivity (Wildman–Crippen MR) is 47.1 cm³/mol. The fraction of sp³-hybridized carbons (Fsp3) is 0.857. The minimum absolute atomic E-state index is 0.525. The summed E-state index contributed by atoms with van der Waals surface area (Å²) in [5.41, 5.74) is 0. The van der Waals surface area contributed by atoms with Gasteiger partial charge >= 0.3 is 0 Å². The van der Waals surface area contributed by atoms with E-state index in [2.05, 4.69) is 25.9 Å². The van der Waals surface area contributed by atoms with Gasteiger partial charge in [-0.1, -0.05) is 25.6 Å². The third kappa shape index (κ3) is 1.45. The highest BCUT2D eigenvalue weighted by atomic mass is 32.2. The number of nitrogens with zero attached hydrogens (tertiary/aromatic N) is 2. The van der Waals surface area contributed by atoms with E-state index in [-0.39, 0.29) is 0 Å². The van der Waals surface area contributed by atoms with Crippen molar-refractivity contribution in [1.29, 1.82) is 0 Å². The van der Waals surface area contributed by atoms with Gasteiger partial charge in [0.2, 0.25) is 0 Å². The molecule has 0 amide bonds. The van der Waals surface area contributed by atoms with Crippen LogP contribution < -0.4 is 0 Å². The molecule has 1 rings (SSSR count). The molecule has 0 aromatic carbocycles. The van der Waals surface area contributed by atoms with Crippen LogP contribution in [0.1, 0.15) is 20.8 Å². The van der Waals surface area contributed by atoms with Gasteiger partial charge in [0.15, 0.2) is 0 Å². The van der Waals surface area contributed by atoms with E-state index in [0.29, 0.717) is 11.3 Å². The molecular weight excluding hydrogens is 144 g/mol. The molecule has 0 aliphatic carbocycles. The van der Waals surface area contributed by atoms with E-state index >= 15 is 0 Å². The minimum atomic E-state index is 0.525. The standard InChI is InChI=1S/C7H14N2S/c1-5(2)7-8-9(4)6(3)10-7/h5-6H,1-4H3. The van der Waals surface area contributed by atoms with Crippen molar-refractivity contribution >= 4 is 16.8 Å². The van der Waals surface area contributed by atoms with Crippen molar-refractivity contribution in [1.82, 2.24) is 5.01 Å². The Labute approximate surface area is 66.7 Å². The number of rotatable bonds is 1. The fourth-order valence-corrected chi connectivity index (χ4v) is 1.76. The summed E-state index contributed by atoms with van der Waals surface area (Å²) in [6.45, 7) is 6.53. The zero-order valence-corrected chi connectivity index (χ0v) is 7.77. The molecule has 0 N–H and O–H groups in total. The molecule has 0 saturated heterocycles. The molecule has 0 aromatic rings. The van der Waals surface area contributed by atoms with Gasteiger partial charge in [-0.3, -0.25) is 5.01 Å². The van der Waals surface area contributed by atoms with E-state index in [9.17, 15) is 0 Å². The van der Waals surface area contributed by atoms with Crippen LogP contribution in [0, 0.1) is 5.92 Å². The third-order valence-corrected chi connectivity index (χ3v) is 3.01. The van der Waals surface area contributed by atoms with Crippen LogP contribution in [0.15, 0.2) is 5.10 Å². The van der Waals surface area contributed by atoms with Crippen LogP contribution in [-0.4, -0.2) is 22.5 Å². The van der Waals surface area contributed by atoms with Crippen molar-refractivity contribution in [3.8, 4) is 0 Å². The highest BCUT2D eigenvalue weighted by molar-refractivity contribution is 8.14. The van der Waals surface area contributed by atoms with Crippen LogP contribution >= 0.6 is 11.8 Å². The normalized spacial score (nSPS) is 25.9. The van der Waals surface area contributed by atoms with Gasteiger partial charge < -0.3 is 0 Å². The zero-order valence-electron chi connectivity index (χ0n) is 6.96. The summed E-state index contributed by atoms with van der Waals surface area (Å²) in [7, 11) is 2.02. The first-order valence-corrected chi connectivity index (χ1v) is 4.47. The lowest BCUT2D eigenvalue weighted by molar-refractivity contribution is 0.356. The Kier molecular flexibility index (Phi) is 2.24. The molecule has 1 aliphatic rings. The molecular formula is C7H14N2S. The molecule has 3 heteroatoms. The van der Waals surface area contributed by atoms with Crippen molar-refractivity contribution in [2.45, 2.75) is 26.1 Å². The first kappa shape index (κ1) is 7.92. The topological polar surface area (TPSA) is 15.6 Å². The van der Waals surface area contributed by atoms with Gasteiger partial charge in [0, 0.05) is 13.0 Å². The van der Waals surface area contributed by atoms with Crippen LogP contribution in [0.2, 0.25) is 0 Å². The smallest absolute Gasteiger partial charge is 0.0979 e. The highest BCUT2D eigenvalue weighted by Crippen LogP contribution is 2.27. The minimum Gasteiger partial charge on any atom is -0.286 e. The summed E-state index contributed by atoms with van der Waals surface area (Å²) in [6, 6.07) is 0. The van der Waals surface area contributed by atoms with E-state index in [4.69, 9.17) is 0 Å². The van der Waals surface area contributed by atoms with E-state index in [1.54, 1.807) is 0 Å². The SMILES string of the molecule is CC(C)C1=NN(C)C(C)S1. The van der Waals surface area contributed by atoms with Gasteiger partial charge in [0.1, 0.15) is 0 Å². The second-order valence-corrected chi connectivity index (χ2v) is 4.22. The second-order valence-electron chi connectivity index (χ2n) is 2.88. The average Bonchev–Trinajstić information content (AvgIpc) is 2.13. The summed E-state index contributed by atoms with van der Waals surface area (Å²) in [5, 5.41) is 8.18. The Morgan fingerprint density at radius 2 is 2.20 bits per heavy atom. The lowest BCUT2D eigenvalue weighted by atomic mass is 10.2. The first-order valence-electron chi connectivity index (χ1n) is 3.59. The highest BCUT2D eigenvalue weighted by Gasteiger charge is 2.21. The van der Waals surface area contributed by atoms with Crippen LogP contribution in [0.5, 0.6) is 0 Å². The van der Waals surface area contributed by atoms with Gasteiger partial charge in [-0.15, -0.1) is 0 Å². The van der Waals surface area contributed by atoms with Crippen molar-refractivity contribution in [3.63, 3.8) is 0 Å². The van der Waals surface area contributed by atoms with Gasteiger partial charge in [0.25, 0.3) is 0 Å². The maximum atomic E-state index is 4.38. The predicted octanol–water partition coefficient (Wildman–Crippen LogP) is 1.98. The molecule has 1 aliphatic heterocycles. The number of hydrogen-bond acceptors (Lipinski definition) is 3. The molecule has 0 radical (unpaired) electrons. The van der Waals surface area contributed by atoms with Crippen LogP contribution in [0.3, 0.4) is 0 Å². The quantitative estimate of drug-likeness (QED) is 0.580. The molecule has 0 bridgehead atoms. The molecule has 2 nitrogen and oxygen atoms in total. The third-order valence-electron chi connectivity index (χ3n) is 1.57. The van der Waals surface area contributed by atoms with Crippen molar-refractivity contribution in [3.05, 3.63) is 0 Å². The van der Waals surface area contributed by atoms with Gasteiger partial charge in [0.05, 0.1) is 10.4 Å². The number of hydrogen-bond donors (Lipinski definition) is 0. The first-order chi connectivity index (χ1) is 4.61. The van der Waals surface area contributed by atoms with Crippen molar-refractivity contribution in [2.75, 3.05) is 7.05 Å². The lowest BCUT2D eigenvalue weighted by Crippen LogP contribution is -2.14. The maximum Gasteiger partial charge on any atom is 0.0979 e. The Morgan fingerprint density at radius 3 is 2.40 bits per heavy atom. The molecule has 58 valence electrons. The molecule has 0 spiro atoms. The van der Waals surface area contributed by atoms with Crippen molar-refractivity contribution < 1.29 is 0 Å². The lowest BCUT2D eigenvalue weighted by Gasteiger charge is -2.10. The molecule has 0 aromatic heterocycles. The summed E-state index contributed by atoms with van der Waals surface area (Å²) >= 11 is 1.86. The fourth-order valence-electron chi connectivity index (χ4n) is 0.763. The van der Waals surface area contributed by atoms with E-state index in [1.165, 1.54) is 5.04 Å². The van der Waals surface area contributed by atoms with Crippen LogP contribution in [-0.2, 0) is 0 Å². The van der Waals surface area contributed by atoms with E-state index < -0.39 is 0 Å². The molecule has 1 unspecified atom stereocenters. The summed E-state index contributed by atoms with van der Waals surface area (Å²) < 4.78 is 0. The molecule has 0 fully saturated rings. The second kappa shape index (κ2) is 2.82. The molecule has 1 heterocycles. The maximum absolute atomic E-state index is 4.38. The van der Waals surface area contributed by atoms with Crippen LogP contribution in [0.4, 0.5) is 0 Å². The van der Waals surface area contributed by atoms with Gasteiger partial charge in [-0.05, 0) is 6.92 Å². The summed E-state index contributed by atoms with van der Waals surface area (Å²) in [4.78, 5) is 0. The molecule has 1 atom stereocenters. The monoisotopic (exact) mass is 158 g/mol. The summed E-state index contributed by atoms with van der Waals surface area (Å²) in [5.74, 6) is 0.581. The van der Waals surface area contributed by atoms with E-state index in [0.717, 1.165) is 0 Å². The van der Waals surface area contributed by atoms with Gasteiger partial charge in [-0.2, -0.15) is 5.10 Å². The Hall–Kier alpha value is -0.180. The van der Waals surface area contributed by atoms with Crippen LogP contribution in [0.25, 0.3) is 0 Å². The largest absolute Gasteiger partial charge is 0.286 e. The van der Waals surface area contributed by atoms with Crippen molar-refractivity contribution in [2.24, 2.45) is 11.0 Å². The Morgan fingerprint density at radius 1 is 1.60 bits per heavy atom. The number of thioether (sulfide) groups is 1. The summed E-state index contributed by atoms with van der Waals surface area (Å²) in [6.07, 6.45) is 0.